The minimum Gasteiger partial charge on any atom is -0.493 e. The second-order valence-electron chi connectivity index (χ2n) is 4.83. The molecule has 2 rings (SSSR count). The lowest BCUT2D eigenvalue weighted by atomic mass is 10.1. The molecule has 3 N–H and O–H groups in total. The number of aryl methyl sites for hydroxylation is 1. The summed E-state index contributed by atoms with van der Waals surface area (Å²) in [5.41, 5.74) is 7.93. The molecule has 0 bridgehead atoms. The number of fused-ring (bicyclic) bond motifs is 1. The van der Waals surface area contributed by atoms with Gasteiger partial charge in [0.1, 0.15) is 0 Å². The average Bonchev–Trinajstić information content (AvgIpc) is 2.71. The Hall–Kier alpha value is -2.53. The zero-order valence-corrected chi connectivity index (χ0v) is 12.8. The van der Waals surface area contributed by atoms with E-state index in [1.807, 2.05) is 6.92 Å². The number of hydrogen-bond acceptors (Lipinski definition) is 4. The lowest BCUT2D eigenvalue weighted by Gasteiger charge is -2.09. The summed E-state index contributed by atoms with van der Waals surface area (Å²) in [6, 6.07) is 3.36. The third-order valence-corrected chi connectivity index (χ3v) is 3.47. The van der Waals surface area contributed by atoms with Gasteiger partial charge in [0.25, 0.3) is 0 Å². The highest BCUT2D eigenvalue weighted by atomic mass is 35.5. The Balaban J connectivity index is 2.61. The summed E-state index contributed by atoms with van der Waals surface area (Å²) < 4.78 is 1.55. The first-order chi connectivity index (χ1) is 10.5. The third-order valence-electron chi connectivity index (χ3n) is 3.25. The van der Waals surface area contributed by atoms with Crippen molar-refractivity contribution in [1.29, 1.82) is 0 Å². The largest absolute Gasteiger partial charge is 0.493 e. The van der Waals surface area contributed by atoms with Crippen LogP contribution in [-0.2, 0) is 6.54 Å². The zero-order valence-electron chi connectivity index (χ0n) is 12.1. The first-order valence-corrected chi connectivity index (χ1v) is 6.95. The first kappa shape index (κ1) is 15.9. The van der Waals surface area contributed by atoms with Gasteiger partial charge in [-0.3, -0.25) is 0 Å². The molecule has 0 fully saturated rings. The van der Waals surface area contributed by atoms with E-state index in [2.05, 4.69) is 11.8 Å². The number of nitrogens with two attached hydrogens (primary N) is 1. The first-order valence-electron chi connectivity index (χ1n) is 6.58. The van der Waals surface area contributed by atoms with E-state index in [-0.39, 0.29) is 18.1 Å². The number of benzene rings is 1. The topological polar surface area (TPSA) is 80.6 Å². The molecular weight excluding hydrogens is 302 g/mol. The fraction of sp³-hybridized carbons (Fsp3) is 0.125. The van der Waals surface area contributed by atoms with Gasteiger partial charge in [0.15, 0.2) is 5.69 Å². The van der Waals surface area contributed by atoms with Gasteiger partial charge in [0, 0.05) is 16.1 Å². The summed E-state index contributed by atoms with van der Waals surface area (Å²) >= 11 is 6.02. The van der Waals surface area contributed by atoms with Crippen molar-refractivity contribution in [2.75, 3.05) is 0 Å². The molecule has 114 valence electrons. The predicted molar refractivity (Wildman–Crippen MR) is 90.4 cm³/mol. The Kier molecular flexibility index (Phi) is 4.68. The van der Waals surface area contributed by atoms with Crippen molar-refractivity contribution in [3.8, 4) is 5.88 Å². The van der Waals surface area contributed by atoms with Crippen LogP contribution >= 0.6 is 11.6 Å². The van der Waals surface area contributed by atoms with Crippen molar-refractivity contribution in [2.24, 2.45) is 10.9 Å². The summed E-state index contributed by atoms with van der Waals surface area (Å²) in [4.78, 5) is 11.0. The zero-order chi connectivity index (χ0) is 16.3. The Labute approximate surface area is 133 Å². The molecule has 22 heavy (non-hydrogen) atoms. The maximum Gasteiger partial charge on any atom is 0.222 e. The summed E-state index contributed by atoms with van der Waals surface area (Å²) in [6.07, 6.45) is 6.82. The van der Waals surface area contributed by atoms with Gasteiger partial charge >= 0.3 is 0 Å². The maximum absolute atomic E-state index is 11.0. The molecule has 0 unspecified atom stereocenters. The minimum absolute atomic E-state index is 0.0324. The second-order valence-corrected chi connectivity index (χ2v) is 5.27. The molecule has 0 aliphatic heterocycles. The summed E-state index contributed by atoms with van der Waals surface area (Å²) in [7, 11) is 0. The van der Waals surface area contributed by atoms with Crippen LogP contribution in [-0.4, -0.2) is 9.67 Å². The van der Waals surface area contributed by atoms with Gasteiger partial charge in [-0.05, 0) is 35.9 Å². The fourth-order valence-corrected chi connectivity index (χ4v) is 2.64. The lowest BCUT2D eigenvalue weighted by molar-refractivity contribution is 0.429. The Bertz CT molecular complexity index is 804. The molecule has 0 aliphatic rings. The third kappa shape index (κ3) is 2.89. The molecule has 0 amide bonds. The van der Waals surface area contributed by atoms with Gasteiger partial charge in [-0.1, -0.05) is 36.4 Å². The number of rotatable bonds is 5. The van der Waals surface area contributed by atoms with E-state index in [9.17, 15) is 10.0 Å². The van der Waals surface area contributed by atoms with Gasteiger partial charge in [-0.15, -0.1) is 4.91 Å². The molecule has 0 spiro atoms. The van der Waals surface area contributed by atoms with E-state index in [4.69, 9.17) is 17.3 Å². The second kappa shape index (κ2) is 6.49. The van der Waals surface area contributed by atoms with Crippen LogP contribution in [0.5, 0.6) is 5.88 Å². The summed E-state index contributed by atoms with van der Waals surface area (Å²) in [6.45, 7) is 5.64. The maximum atomic E-state index is 11.0. The summed E-state index contributed by atoms with van der Waals surface area (Å²) in [5, 5.41) is 14.2. The number of aromatic nitrogens is 1. The molecule has 1 aromatic carbocycles. The van der Waals surface area contributed by atoms with Gasteiger partial charge in [0.05, 0.1) is 12.1 Å². The van der Waals surface area contributed by atoms with Gasteiger partial charge in [-0.2, -0.15) is 0 Å². The van der Waals surface area contributed by atoms with E-state index >= 15 is 0 Å². The Morgan fingerprint density at radius 2 is 2.23 bits per heavy atom. The average molecular weight is 318 g/mol. The molecule has 0 aliphatic carbocycles. The number of nitrogens with zero attached hydrogens (tertiary/aromatic N) is 2. The minimum atomic E-state index is -0.223. The van der Waals surface area contributed by atoms with E-state index in [0.29, 0.717) is 21.6 Å². The molecule has 1 heterocycles. The predicted octanol–water partition coefficient (Wildman–Crippen LogP) is 4.29. The van der Waals surface area contributed by atoms with Crippen molar-refractivity contribution < 1.29 is 5.11 Å². The van der Waals surface area contributed by atoms with Crippen molar-refractivity contribution in [3.63, 3.8) is 0 Å². The van der Waals surface area contributed by atoms with Gasteiger partial charge < -0.3 is 15.4 Å². The Morgan fingerprint density at radius 1 is 1.50 bits per heavy atom. The molecule has 6 heteroatoms. The van der Waals surface area contributed by atoms with Gasteiger partial charge in [0.2, 0.25) is 5.88 Å². The normalized spacial score (nSPS) is 12.2. The van der Waals surface area contributed by atoms with E-state index < -0.39 is 0 Å². The van der Waals surface area contributed by atoms with Crippen molar-refractivity contribution >= 4 is 28.2 Å². The lowest BCUT2D eigenvalue weighted by Crippen LogP contribution is -2.08. The molecule has 0 saturated heterocycles. The Morgan fingerprint density at radius 3 is 2.86 bits per heavy atom. The molecule has 0 saturated carbocycles. The van der Waals surface area contributed by atoms with Crippen LogP contribution in [0.15, 0.2) is 53.9 Å². The van der Waals surface area contributed by atoms with E-state index in [1.54, 1.807) is 41.0 Å². The van der Waals surface area contributed by atoms with Crippen molar-refractivity contribution in [1.82, 2.24) is 4.57 Å². The number of nitroso groups, excluding NO2 is 1. The molecule has 2 aromatic rings. The smallest absolute Gasteiger partial charge is 0.222 e. The number of hydrogen-bond donors (Lipinski definition) is 2. The monoisotopic (exact) mass is 317 g/mol. The number of allylic oxidation sites excluding steroid dienone is 5. The fourth-order valence-electron chi connectivity index (χ4n) is 2.37. The molecule has 5 nitrogen and oxygen atoms in total. The van der Waals surface area contributed by atoms with Crippen molar-refractivity contribution in [3.05, 3.63) is 64.2 Å². The van der Waals surface area contributed by atoms with Crippen molar-refractivity contribution in [2.45, 2.75) is 13.5 Å². The highest BCUT2D eigenvalue weighted by molar-refractivity contribution is 6.31. The van der Waals surface area contributed by atoms with Crippen LogP contribution in [0.2, 0.25) is 5.02 Å². The molecule has 0 atom stereocenters. The van der Waals surface area contributed by atoms with Crippen LogP contribution in [0, 0.1) is 11.8 Å². The highest BCUT2D eigenvalue weighted by Gasteiger charge is 2.19. The SMILES string of the molecule is C=C/C=C\C=C(/N)Cn1c(O)c(N=O)c2cc(Cl)cc(C)c21. The van der Waals surface area contributed by atoms with E-state index in [0.717, 1.165) is 5.56 Å². The van der Waals surface area contributed by atoms with Crippen LogP contribution < -0.4 is 5.73 Å². The molecule has 1 aromatic heterocycles. The standard InChI is InChI=1S/C16H16ClN3O2/c1-3-4-5-6-12(18)9-20-15-10(2)7-11(17)8-13(15)14(19-22)16(20)21/h3-8,21H,1,9,18H2,2H3/b5-4-,12-6-. The number of halogens is 1. The van der Waals surface area contributed by atoms with Crippen LogP contribution in [0.4, 0.5) is 5.69 Å². The number of aromatic hydroxyl groups is 1. The van der Waals surface area contributed by atoms with Crippen LogP contribution in [0.3, 0.4) is 0 Å². The van der Waals surface area contributed by atoms with Crippen LogP contribution in [0.1, 0.15) is 5.56 Å². The summed E-state index contributed by atoms with van der Waals surface area (Å²) in [5.74, 6) is -0.223. The molecular formula is C16H16ClN3O2. The van der Waals surface area contributed by atoms with E-state index in [1.165, 1.54) is 0 Å². The van der Waals surface area contributed by atoms with Gasteiger partial charge in [-0.25, -0.2) is 0 Å². The van der Waals surface area contributed by atoms with Crippen LogP contribution in [0.25, 0.3) is 10.9 Å². The molecule has 0 radical (unpaired) electrons. The highest BCUT2D eigenvalue weighted by Crippen LogP contribution is 2.41. The quantitative estimate of drug-likeness (QED) is 0.637.